The van der Waals surface area contributed by atoms with Crippen molar-refractivity contribution in [2.75, 3.05) is 6.61 Å². The van der Waals surface area contributed by atoms with E-state index in [1.165, 1.54) is 10.2 Å². The predicted molar refractivity (Wildman–Crippen MR) is 101 cm³/mol. The van der Waals surface area contributed by atoms with Gasteiger partial charge in [-0.2, -0.15) is 0 Å². The molecule has 2 aromatic carbocycles. The number of nitrogens with zero attached hydrogens (tertiary/aromatic N) is 3. The highest BCUT2D eigenvalue weighted by Gasteiger charge is 2.13. The molecule has 27 heavy (non-hydrogen) atoms. The minimum atomic E-state index is -0.530. The van der Waals surface area contributed by atoms with Crippen molar-refractivity contribution in [2.45, 2.75) is 32.4 Å². The van der Waals surface area contributed by atoms with Crippen molar-refractivity contribution in [3.63, 3.8) is 0 Å². The summed E-state index contributed by atoms with van der Waals surface area (Å²) < 4.78 is 6.51. The monoisotopic (exact) mass is 366 g/mol. The molecular formula is C20H22N4O3. The number of benzene rings is 2. The summed E-state index contributed by atoms with van der Waals surface area (Å²) >= 11 is 0. The number of rotatable bonds is 8. The smallest absolute Gasteiger partial charge is 0.328 e. The molecular weight excluding hydrogens is 344 g/mol. The fraction of sp³-hybridized carbons (Fsp3) is 0.300. The fourth-order valence-corrected chi connectivity index (χ4v) is 2.76. The maximum atomic E-state index is 12.0. The van der Waals surface area contributed by atoms with Crippen molar-refractivity contribution in [3.05, 3.63) is 60.2 Å². The van der Waals surface area contributed by atoms with Crippen LogP contribution in [0.25, 0.3) is 11.0 Å². The van der Waals surface area contributed by atoms with Crippen molar-refractivity contribution in [1.29, 1.82) is 0 Å². The quantitative estimate of drug-likeness (QED) is 0.617. The van der Waals surface area contributed by atoms with E-state index in [0.29, 0.717) is 5.52 Å². The second kappa shape index (κ2) is 8.93. The van der Waals surface area contributed by atoms with Gasteiger partial charge < -0.3 is 10.1 Å². The summed E-state index contributed by atoms with van der Waals surface area (Å²) in [7, 11) is 0. The molecule has 0 aliphatic rings. The van der Waals surface area contributed by atoms with Crippen molar-refractivity contribution >= 4 is 22.9 Å². The van der Waals surface area contributed by atoms with Crippen LogP contribution in [0.2, 0.25) is 0 Å². The highest BCUT2D eigenvalue weighted by Crippen LogP contribution is 2.09. The van der Waals surface area contributed by atoms with Crippen molar-refractivity contribution < 1.29 is 14.3 Å². The van der Waals surface area contributed by atoms with Crippen molar-refractivity contribution in [2.24, 2.45) is 0 Å². The molecule has 1 amide bonds. The van der Waals surface area contributed by atoms with E-state index >= 15 is 0 Å². The first-order valence-electron chi connectivity index (χ1n) is 8.89. The highest BCUT2D eigenvalue weighted by atomic mass is 16.5. The average molecular weight is 366 g/mol. The van der Waals surface area contributed by atoms with E-state index in [2.05, 4.69) is 27.8 Å². The van der Waals surface area contributed by atoms with E-state index in [1.54, 1.807) is 0 Å². The standard InChI is InChI=1S/C20H22N4O3/c1-15(11-12-16-7-3-2-4-8-16)21-19(25)14-27-20(26)13-24-18-10-6-5-9-17(18)22-23-24/h2-10,15H,11-14H2,1H3,(H,21,25). The van der Waals surface area contributed by atoms with Crippen LogP contribution in [-0.4, -0.2) is 39.5 Å². The lowest BCUT2D eigenvalue weighted by Crippen LogP contribution is -2.36. The van der Waals surface area contributed by atoms with Crippen molar-refractivity contribution in [1.82, 2.24) is 20.3 Å². The van der Waals surface area contributed by atoms with Crippen LogP contribution in [0.5, 0.6) is 0 Å². The largest absolute Gasteiger partial charge is 0.454 e. The van der Waals surface area contributed by atoms with E-state index in [-0.39, 0.29) is 25.1 Å². The van der Waals surface area contributed by atoms with E-state index in [4.69, 9.17) is 4.74 Å². The molecule has 3 rings (SSSR count). The summed E-state index contributed by atoms with van der Waals surface area (Å²) in [5.74, 6) is -0.842. The van der Waals surface area contributed by atoms with E-state index in [1.807, 2.05) is 49.4 Å². The Kier molecular flexibility index (Phi) is 6.14. The molecule has 1 atom stereocenters. The number of nitrogens with one attached hydrogen (secondary N) is 1. The van der Waals surface area contributed by atoms with Gasteiger partial charge in [0.2, 0.25) is 0 Å². The van der Waals surface area contributed by atoms with Gasteiger partial charge in [-0.25, -0.2) is 4.68 Å². The first-order chi connectivity index (χ1) is 13.1. The van der Waals surface area contributed by atoms with Crippen LogP contribution in [0.15, 0.2) is 54.6 Å². The second-order valence-electron chi connectivity index (χ2n) is 6.39. The van der Waals surface area contributed by atoms with Crippen LogP contribution in [0.3, 0.4) is 0 Å². The lowest BCUT2D eigenvalue weighted by molar-refractivity contribution is -0.149. The van der Waals surface area contributed by atoms with Gasteiger partial charge in [0.05, 0.1) is 5.52 Å². The number of fused-ring (bicyclic) bond motifs is 1. The first-order valence-corrected chi connectivity index (χ1v) is 8.89. The molecule has 0 saturated carbocycles. The molecule has 1 heterocycles. The summed E-state index contributed by atoms with van der Waals surface area (Å²) in [5, 5.41) is 10.7. The Morgan fingerprint density at radius 2 is 1.85 bits per heavy atom. The lowest BCUT2D eigenvalue weighted by Gasteiger charge is -2.14. The molecule has 1 unspecified atom stereocenters. The van der Waals surface area contributed by atoms with Crippen LogP contribution in [-0.2, 0) is 27.3 Å². The molecule has 7 heteroatoms. The zero-order valence-electron chi connectivity index (χ0n) is 15.2. The number of esters is 1. The number of hydrogen-bond acceptors (Lipinski definition) is 5. The van der Waals surface area contributed by atoms with Crippen molar-refractivity contribution in [3.8, 4) is 0 Å². The summed E-state index contributed by atoms with van der Waals surface area (Å²) in [6.45, 7) is 1.54. The maximum absolute atomic E-state index is 12.0. The summed E-state index contributed by atoms with van der Waals surface area (Å²) in [4.78, 5) is 23.9. The normalized spacial score (nSPS) is 11.9. The Bertz CT molecular complexity index is 908. The maximum Gasteiger partial charge on any atom is 0.328 e. The fourth-order valence-electron chi connectivity index (χ4n) is 2.76. The lowest BCUT2D eigenvalue weighted by atomic mass is 10.1. The number of para-hydroxylation sites is 1. The van der Waals surface area contributed by atoms with Gasteiger partial charge in [-0.15, -0.1) is 5.10 Å². The van der Waals surface area contributed by atoms with E-state index in [9.17, 15) is 9.59 Å². The third kappa shape index (κ3) is 5.37. The Labute approximate surface area is 157 Å². The summed E-state index contributed by atoms with van der Waals surface area (Å²) in [6.07, 6.45) is 1.69. The highest BCUT2D eigenvalue weighted by molar-refractivity contribution is 5.81. The van der Waals surface area contributed by atoms with Crippen LogP contribution < -0.4 is 5.32 Å². The molecule has 0 aliphatic heterocycles. The predicted octanol–water partition coefficient (Wildman–Crippen LogP) is 2.11. The van der Waals surface area contributed by atoms with Gasteiger partial charge in [0.1, 0.15) is 12.1 Å². The third-order valence-corrected chi connectivity index (χ3v) is 4.18. The summed E-state index contributed by atoms with van der Waals surface area (Å²) in [6, 6.07) is 17.4. The molecule has 3 aromatic rings. The molecule has 0 radical (unpaired) electrons. The first kappa shape index (κ1) is 18.6. The Hall–Kier alpha value is -3.22. The third-order valence-electron chi connectivity index (χ3n) is 4.18. The molecule has 140 valence electrons. The second-order valence-corrected chi connectivity index (χ2v) is 6.39. The minimum absolute atomic E-state index is 0.00401. The molecule has 1 N–H and O–H groups in total. The molecule has 0 spiro atoms. The zero-order valence-corrected chi connectivity index (χ0v) is 15.2. The molecule has 0 fully saturated rings. The van der Waals surface area contributed by atoms with Gasteiger partial charge in [0, 0.05) is 6.04 Å². The van der Waals surface area contributed by atoms with Gasteiger partial charge in [-0.3, -0.25) is 9.59 Å². The van der Waals surface area contributed by atoms with Crippen LogP contribution in [0, 0.1) is 0 Å². The topological polar surface area (TPSA) is 86.1 Å². The van der Waals surface area contributed by atoms with Gasteiger partial charge in [0.25, 0.3) is 5.91 Å². The van der Waals surface area contributed by atoms with Gasteiger partial charge in [0.15, 0.2) is 6.61 Å². The molecule has 0 bridgehead atoms. The summed E-state index contributed by atoms with van der Waals surface area (Å²) in [5.41, 5.74) is 2.67. The Balaban J connectivity index is 1.40. The van der Waals surface area contributed by atoms with E-state index in [0.717, 1.165) is 18.4 Å². The van der Waals surface area contributed by atoms with E-state index < -0.39 is 5.97 Å². The number of aryl methyl sites for hydroxylation is 1. The molecule has 7 nitrogen and oxygen atoms in total. The number of carbonyl (C=O) groups is 2. The SMILES string of the molecule is CC(CCc1ccccc1)NC(=O)COC(=O)Cn1nnc2ccccc21. The van der Waals surface area contributed by atoms with Crippen LogP contribution in [0.4, 0.5) is 0 Å². The Morgan fingerprint density at radius 3 is 2.67 bits per heavy atom. The van der Waals surface area contributed by atoms with Gasteiger partial charge >= 0.3 is 5.97 Å². The van der Waals surface area contributed by atoms with Gasteiger partial charge in [-0.05, 0) is 37.5 Å². The van der Waals surface area contributed by atoms with Crippen LogP contribution in [0.1, 0.15) is 18.9 Å². The molecule has 0 aliphatic carbocycles. The Morgan fingerprint density at radius 1 is 1.11 bits per heavy atom. The zero-order chi connectivity index (χ0) is 19.1. The minimum Gasteiger partial charge on any atom is -0.454 e. The number of hydrogen-bond donors (Lipinski definition) is 1. The number of ether oxygens (including phenoxy) is 1. The van der Waals surface area contributed by atoms with Gasteiger partial charge in [-0.1, -0.05) is 47.7 Å². The molecule has 1 aromatic heterocycles. The average Bonchev–Trinajstić information content (AvgIpc) is 3.08. The number of aromatic nitrogens is 3. The van der Waals surface area contributed by atoms with Crippen LogP contribution >= 0.6 is 0 Å². The number of carbonyl (C=O) groups excluding carboxylic acids is 2. The number of amides is 1. The molecule has 0 saturated heterocycles.